The van der Waals surface area contributed by atoms with Crippen molar-refractivity contribution in [3.63, 3.8) is 0 Å². The van der Waals surface area contributed by atoms with E-state index in [0.717, 1.165) is 42.5 Å². The van der Waals surface area contributed by atoms with Gasteiger partial charge < -0.3 is 24.6 Å². The number of aromatic hydroxyl groups is 1. The minimum absolute atomic E-state index is 0.0141. The average Bonchev–Trinajstić information content (AvgIpc) is 3.32. The Hall–Kier alpha value is -3.71. The number of benzene rings is 3. The molecule has 2 atom stereocenters. The second-order valence-corrected chi connectivity index (χ2v) is 9.71. The lowest BCUT2D eigenvalue weighted by atomic mass is 9.88. The van der Waals surface area contributed by atoms with E-state index in [4.69, 9.17) is 14.2 Å². The predicted molar refractivity (Wildman–Crippen MR) is 142 cm³/mol. The summed E-state index contributed by atoms with van der Waals surface area (Å²) in [4.78, 5) is 15.5. The smallest absolute Gasteiger partial charge is 0.234 e. The molecule has 1 aliphatic heterocycles. The summed E-state index contributed by atoms with van der Waals surface area (Å²) < 4.78 is 16.3. The summed E-state index contributed by atoms with van der Waals surface area (Å²) in [7, 11) is 4.80. The molecule has 37 heavy (non-hydrogen) atoms. The summed E-state index contributed by atoms with van der Waals surface area (Å²) in [5, 5.41) is 13.9. The largest absolute Gasteiger partial charge is 0.504 e. The Morgan fingerprint density at radius 2 is 1.70 bits per heavy atom. The number of phenols is 1. The summed E-state index contributed by atoms with van der Waals surface area (Å²) in [5.41, 5.74) is 5.73. The first-order valence-electron chi connectivity index (χ1n) is 12.7. The second-order valence-electron chi connectivity index (χ2n) is 9.71. The highest BCUT2D eigenvalue weighted by atomic mass is 16.5. The zero-order chi connectivity index (χ0) is 25.9. The summed E-state index contributed by atoms with van der Waals surface area (Å²) in [6, 6.07) is 17.9. The second kappa shape index (κ2) is 10.7. The fourth-order valence-corrected chi connectivity index (χ4v) is 5.72. The molecular formula is C30H34N2O5. The third kappa shape index (κ3) is 5.09. The first kappa shape index (κ1) is 25.0. The van der Waals surface area contributed by atoms with Gasteiger partial charge in [-0.1, -0.05) is 30.3 Å². The Balaban J connectivity index is 1.40. The molecule has 0 saturated heterocycles. The highest BCUT2D eigenvalue weighted by molar-refractivity contribution is 5.79. The van der Waals surface area contributed by atoms with Crippen LogP contribution in [0.1, 0.15) is 46.3 Å². The lowest BCUT2D eigenvalue weighted by Gasteiger charge is -2.37. The molecule has 3 aromatic rings. The van der Waals surface area contributed by atoms with Gasteiger partial charge in [-0.25, -0.2) is 0 Å². The van der Waals surface area contributed by atoms with Crippen LogP contribution in [0.2, 0.25) is 0 Å². The maximum Gasteiger partial charge on any atom is 0.234 e. The number of nitrogens with one attached hydrogen (secondary N) is 1. The molecule has 1 aliphatic carbocycles. The van der Waals surface area contributed by atoms with Crippen molar-refractivity contribution in [1.82, 2.24) is 10.2 Å². The number of hydrogen-bond donors (Lipinski definition) is 2. The van der Waals surface area contributed by atoms with E-state index in [1.165, 1.54) is 11.1 Å². The molecule has 1 heterocycles. The summed E-state index contributed by atoms with van der Waals surface area (Å²) >= 11 is 0. The third-order valence-corrected chi connectivity index (χ3v) is 7.60. The van der Waals surface area contributed by atoms with E-state index in [-0.39, 0.29) is 30.3 Å². The molecule has 3 aromatic carbocycles. The molecule has 0 bridgehead atoms. The van der Waals surface area contributed by atoms with Crippen molar-refractivity contribution in [1.29, 1.82) is 0 Å². The highest BCUT2D eigenvalue weighted by Gasteiger charge is 2.32. The van der Waals surface area contributed by atoms with Crippen LogP contribution in [0.5, 0.6) is 23.0 Å². The van der Waals surface area contributed by atoms with Crippen LogP contribution in [0.4, 0.5) is 0 Å². The Labute approximate surface area is 218 Å². The molecule has 2 aliphatic rings. The molecule has 0 spiro atoms. The monoisotopic (exact) mass is 502 g/mol. The van der Waals surface area contributed by atoms with E-state index in [1.54, 1.807) is 27.4 Å². The van der Waals surface area contributed by atoms with Crippen molar-refractivity contribution >= 4 is 5.91 Å². The number of aryl methyl sites for hydroxylation is 1. The quantitative estimate of drug-likeness (QED) is 0.476. The Kier molecular flexibility index (Phi) is 7.24. The highest BCUT2D eigenvalue weighted by Crippen LogP contribution is 2.40. The van der Waals surface area contributed by atoms with Crippen LogP contribution in [-0.4, -0.2) is 50.3 Å². The van der Waals surface area contributed by atoms with Crippen LogP contribution in [0.3, 0.4) is 0 Å². The molecule has 1 amide bonds. The molecule has 2 unspecified atom stereocenters. The van der Waals surface area contributed by atoms with Gasteiger partial charge in [0, 0.05) is 12.6 Å². The van der Waals surface area contributed by atoms with Gasteiger partial charge in [-0.15, -0.1) is 0 Å². The molecule has 7 nitrogen and oxygen atoms in total. The SMILES string of the molecule is COc1cc2c(cc1O)C(Cc1ccc(OC)c(OC)c1)N(CC(=O)NC1CCc3ccccc31)CC2. The first-order chi connectivity index (χ1) is 18.0. The standard InChI is InChI=1S/C30H34N2O5/c1-35-27-11-8-19(15-29(27)37-3)14-25-23-17-26(33)28(36-2)16-21(23)12-13-32(25)18-30(34)31-24-10-9-20-6-4-5-7-22(20)24/h4-8,11,15-17,24-25,33H,9-10,12-14,18H2,1-3H3,(H,31,34). The van der Waals surface area contributed by atoms with Crippen molar-refractivity contribution in [2.75, 3.05) is 34.4 Å². The molecular weight excluding hydrogens is 468 g/mol. The zero-order valence-electron chi connectivity index (χ0n) is 21.6. The number of amides is 1. The van der Waals surface area contributed by atoms with Crippen LogP contribution >= 0.6 is 0 Å². The lowest BCUT2D eigenvalue weighted by Crippen LogP contribution is -2.44. The van der Waals surface area contributed by atoms with Crippen molar-refractivity contribution in [3.05, 3.63) is 82.4 Å². The summed E-state index contributed by atoms with van der Waals surface area (Å²) in [6.45, 7) is 1.01. The van der Waals surface area contributed by atoms with Crippen LogP contribution < -0.4 is 19.5 Å². The number of fused-ring (bicyclic) bond motifs is 2. The third-order valence-electron chi connectivity index (χ3n) is 7.60. The zero-order valence-corrected chi connectivity index (χ0v) is 21.6. The van der Waals surface area contributed by atoms with Gasteiger partial charge in [0.25, 0.3) is 0 Å². The Bertz CT molecular complexity index is 1290. The number of hydrogen-bond acceptors (Lipinski definition) is 6. The number of phenolic OH excluding ortho intramolecular Hbond substituents is 1. The average molecular weight is 503 g/mol. The number of rotatable bonds is 8. The predicted octanol–water partition coefficient (Wildman–Crippen LogP) is 4.36. The van der Waals surface area contributed by atoms with Crippen LogP contribution in [0.25, 0.3) is 0 Å². The van der Waals surface area contributed by atoms with Crippen LogP contribution in [-0.2, 0) is 24.1 Å². The number of ether oxygens (including phenoxy) is 3. The van der Waals surface area contributed by atoms with Gasteiger partial charge in [0.2, 0.25) is 5.91 Å². The number of methoxy groups -OCH3 is 3. The van der Waals surface area contributed by atoms with E-state index in [9.17, 15) is 9.90 Å². The van der Waals surface area contributed by atoms with Crippen molar-refractivity contribution in [3.8, 4) is 23.0 Å². The van der Waals surface area contributed by atoms with Crippen LogP contribution in [0.15, 0.2) is 54.6 Å². The molecule has 194 valence electrons. The number of nitrogens with zero attached hydrogens (tertiary/aromatic N) is 1. The van der Waals surface area contributed by atoms with E-state index < -0.39 is 0 Å². The molecule has 0 fully saturated rings. The normalized spacial score (nSPS) is 18.6. The fourth-order valence-electron chi connectivity index (χ4n) is 5.72. The maximum absolute atomic E-state index is 13.3. The van der Waals surface area contributed by atoms with E-state index in [2.05, 4.69) is 28.4 Å². The fraction of sp³-hybridized carbons (Fsp3) is 0.367. The molecule has 0 aromatic heterocycles. The van der Waals surface area contributed by atoms with Gasteiger partial charge in [0.1, 0.15) is 0 Å². The van der Waals surface area contributed by atoms with Gasteiger partial charge in [0.05, 0.1) is 33.9 Å². The molecule has 5 rings (SSSR count). The Morgan fingerprint density at radius 1 is 0.919 bits per heavy atom. The topological polar surface area (TPSA) is 80.3 Å². The van der Waals surface area contributed by atoms with Crippen molar-refractivity contribution < 1.29 is 24.1 Å². The molecule has 2 N–H and O–H groups in total. The molecule has 7 heteroatoms. The molecule has 0 saturated carbocycles. The minimum Gasteiger partial charge on any atom is -0.504 e. The van der Waals surface area contributed by atoms with Crippen molar-refractivity contribution in [2.24, 2.45) is 0 Å². The summed E-state index contributed by atoms with van der Waals surface area (Å²) in [6.07, 6.45) is 3.34. The maximum atomic E-state index is 13.3. The van der Waals surface area contributed by atoms with E-state index in [1.807, 2.05) is 30.3 Å². The minimum atomic E-state index is -0.0970. The lowest BCUT2D eigenvalue weighted by molar-refractivity contribution is -0.123. The van der Waals surface area contributed by atoms with E-state index in [0.29, 0.717) is 23.7 Å². The van der Waals surface area contributed by atoms with Gasteiger partial charge in [0.15, 0.2) is 23.0 Å². The van der Waals surface area contributed by atoms with Crippen molar-refractivity contribution in [2.45, 2.75) is 37.8 Å². The number of carbonyl (C=O) groups excluding carboxylic acids is 1. The molecule has 0 radical (unpaired) electrons. The first-order valence-corrected chi connectivity index (χ1v) is 12.7. The van der Waals surface area contributed by atoms with Crippen LogP contribution in [0, 0.1) is 0 Å². The summed E-state index contributed by atoms with van der Waals surface area (Å²) in [5.74, 6) is 1.92. The van der Waals surface area contributed by atoms with Gasteiger partial charge >= 0.3 is 0 Å². The van der Waals surface area contributed by atoms with Gasteiger partial charge in [-0.2, -0.15) is 0 Å². The Morgan fingerprint density at radius 3 is 2.49 bits per heavy atom. The van der Waals surface area contributed by atoms with Gasteiger partial charge in [-0.3, -0.25) is 9.69 Å². The number of carbonyl (C=O) groups is 1. The van der Waals surface area contributed by atoms with Gasteiger partial charge in [-0.05, 0) is 77.8 Å². The van der Waals surface area contributed by atoms with E-state index >= 15 is 0 Å².